The van der Waals surface area contributed by atoms with Crippen LogP contribution in [0.2, 0.25) is 0 Å². The lowest BCUT2D eigenvalue weighted by atomic mass is 9.58. The van der Waals surface area contributed by atoms with Crippen LogP contribution in [0.3, 0.4) is 0 Å². The standard InChI is InChI=1S/C19H24N4O2/c1-22(14-16-3-2-12-25-16)17-4-6-19(17)7-10-23(11-8-19)18(24)15-5-9-20-21-13-15/h2-3,5,9,12-13,17H,4,6-8,10-11,14H2,1H3/t17-/m1/s1. The predicted octanol–water partition coefficient (Wildman–Crippen LogP) is 2.59. The van der Waals surface area contributed by atoms with Gasteiger partial charge in [-0.2, -0.15) is 10.2 Å². The number of hydrogen-bond donors (Lipinski definition) is 0. The van der Waals surface area contributed by atoms with Crippen LogP contribution in [0.25, 0.3) is 0 Å². The summed E-state index contributed by atoms with van der Waals surface area (Å²) in [7, 11) is 2.19. The van der Waals surface area contributed by atoms with E-state index in [0.29, 0.717) is 17.0 Å². The van der Waals surface area contributed by atoms with Crippen molar-refractivity contribution in [1.82, 2.24) is 20.0 Å². The lowest BCUT2D eigenvalue weighted by molar-refractivity contribution is -0.0590. The van der Waals surface area contributed by atoms with Crippen LogP contribution in [0.4, 0.5) is 0 Å². The minimum atomic E-state index is 0.0737. The first-order valence-electron chi connectivity index (χ1n) is 8.97. The molecule has 2 aliphatic rings. The van der Waals surface area contributed by atoms with E-state index in [-0.39, 0.29) is 5.91 Å². The molecule has 1 amide bonds. The Morgan fingerprint density at radius 1 is 1.32 bits per heavy atom. The Bertz CT molecular complexity index is 708. The quantitative estimate of drug-likeness (QED) is 0.856. The molecule has 6 heteroatoms. The summed E-state index contributed by atoms with van der Waals surface area (Å²) in [5, 5.41) is 7.56. The summed E-state index contributed by atoms with van der Waals surface area (Å²) in [5.74, 6) is 1.09. The largest absolute Gasteiger partial charge is 0.468 e. The zero-order chi connectivity index (χ0) is 17.3. The summed E-state index contributed by atoms with van der Waals surface area (Å²) < 4.78 is 5.49. The van der Waals surface area contributed by atoms with Gasteiger partial charge in [0.2, 0.25) is 0 Å². The molecule has 132 valence electrons. The molecule has 1 atom stereocenters. The molecule has 0 unspecified atom stereocenters. The Kier molecular flexibility index (Phi) is 4.29. The second-order valence-electron chi connectivity index (χ2n) is 7.33. The first-order chi connectivity index (χ1) is 12.2. The van der Waals surface area contributed by atoms with Crippen LogP contribution in [0.5, 0.6) is 0 Å². The van der Waals surface area contributed by atoms with Crippen LogP contribution in [-0.4, -0.2) is 52.1 Å². The van der Waals surface area contributed by atoms with Gasteiger partial charge in [0.25, 0.3) is 5.91 Å². The Hall–Kier alpha value is -2.21. The predicted molar refractivity (Wildman–Crippen MR) is 92.8 cm³/mol. The van der Waals surface area contributed by atoms with Gasteiger partial charge in [-0.3, -0.25) is 9.69 Å². The molecule has 2 aromatic rings. The van der Waals surface area contributed by atoms with Crippen molar-refractivity contribution in [1.29, 1.82) is 0 Å². The van der Waals surface area contributed by atoms with Crippen LogP contribution in [0, 0.1) is 5.41 Å². The molecule has 6 nitrogen and oxygen atoms in total. The third-order valence-corrected chi connectivity index (χ3v) is 6.02. The molecule has 0 N–H and O–H groups in total. The van der Waals surface area contributed by atoms with Crippen molar-refractivity contribution in [2.45, 2.75) is 38.3 Å². The topological polar surface area (TPSA) is 62.5 Å². The van der Waals surface area contributed by atoms with Gasteiger partial charge in [-0.05, 0) is 56.3 Å². The van der Waals surface area contributed by atoms with Gasteiger partial charge < -0.3 is 9.32 Å². The highest BCUT2D eigenvalue weighted by atomic mass is 16.3. The van der Waals surface area contributed by atoms with Gasteiger partial charge in [0, 0.05) is 19.1 Å². The number of rotatable bonds is 4. The van der Waals surface area contributed by atoms with Gasteiger partial charge in [0.15, 0.2) is 0 Å². The zero-order valence-electron chi connectivity index (χ0n) is 14.6. The normalized spacial score (nSPS) is 22.2. The molecule has 0 aromatic carbocycles. The maximum Gasteiger partial charge on any atom is 0.255 e. The summed E-state index contributed by atoms with van der Waals surface area (Å²) in [6, 6.07) is 6.30. The highest BCUT2D eigenvalue weighted by Gasteiger charge is 2.50. The van der Waals surface area contributed by atoms with E-state index in [2.05, 4.69) is 22.1 Å². The molecule has 0 bridgehead atoms. The molecule has 1 saturated heterocycles. The number of amides is 1. The van der Waals surface area contributed by atoms with Crippen molar-refractivity contribution < 1.29 is 9.21 Å². The van der Waals surface area contributed by atoms with Crippen molar-refractivity contribution in [3.05, 3.63) is 48.2 Å². The number of carbonyl (C=O) groups is 1. The molecular formula is C19H24N4O2. The van der Waals surface area contributed by atoms with E-state index >= 15 is 0 Å². The number of piperidine rings is 1. The molecule has 1 aliphatic carbocycles. The van der Waals surface area contributed by atoms with E-state index in [1.807, 2.05) is 17.0 Å². The number of aromatic nitrogens is 2. The van der Waals surface area contributed by atoms with E-state index in [4.69, 9.17) is 4.42 Å². The van der Waals surface area contributed by atoms with Gasteiger partial charge >= 0.3 is 0 Å². The number of likely N-dealkylation sites (tertiary alicyclic amines) is 1. The summed E-state index contributed by atoms with van der Waals surface area (Å²) in [6.45, 7) is 2.50. The van der Waals surface area contributed by atoms with Gasteiger partial charge in [-0.15, -0.1) is 0 Å². The minimum Gasteiger partial charge on any atom is -0.468 e. The van der Waals surface area contributed by atoms with E-state index < -0.39 is 0 Å². The zero-order valence-corrected chi connectivity index (χ0v) is 14.6. The van der Waals surface area contributed by atoms with Gasteiger partial charge in [0.05, 0.1) is 30.8 Å². The highest BCUT2D eigenvalue weighted by Crippen LogP contribution is 2.51. The van der Waals surface area contributed by atoms with Crippen LogP contribution in [0.1, 0.15) is 41.8 Å². The highest BCUT2D eigenvalue weighted by molar-refractivity contribution is 5.93. The number of nitrogens with zero attached hydrogens (tertiary/aromatic N) is 4. The third-order valence-electron chi connectivity index (χ3n) is 6.02. The average Bonchev–Trinajstić information content (AvgIpc) is 3.14. The van der Waals surface area contributed by atoms with Gasteiger partial charge in [0.1, 0.15) is 5.76 Å². The SMILES string of the molecule is CN(Cc1ccco1)[C@@H]1CCC12CCN(C(=O)c1ccnnc1)CC2. The number of hydrogen-bond acceptors (Lipinski definition) is 5. The summed E-state index contributed by atoms with van der Waals surface area (Å²) in [4.78, 5) is 17.0. The van der Waals surface area contributed by atoms with Gasteiger partial charge in [-0.1, -0.05) is 0 Å². The van der Waals surface area contributed by atoms with Crippen molar-refractivity contribution >= 4 is 5.91 Å². The fraction of sp³-hybridized carbons (Fsp3) is 0.526. The number of carbonyl (C=O) groups excluding carboxylic acids is 1. The Morgan fingerprint density at radius 2 is 2.16 bits per heavy atom. The van der Waals surface area contributed by atoms with Gasteiger partial charge in [-0.25, -0.2) is 0 Å². The molecule has 0 radical (unpaired) electrons. The van der Waals surface area contributed by atoms with E-state index in [1.54, 1.807) is 24.7 Å². The van der Waals surface area contributed by atoms with Crippen molar-refractivity contribution in [3.63, 3.8) is 0 Å². The fourth-order valence-electron chi connectivity index (χ4n) is 4.47. The number of furan rings is 1. The van der Waals surface area contributed by atoms with Crippen LogP contribution >= 0.6 is 0 Å². The van der Waals surface area contributed by atoms with E-state index in [9.17, 15) is 4.79 Å². The Morgan fingerprint density at radius 3 is 2.76 bits per heavy atom. The van der Waals surface area contributed by atoms with Crippen molar-refractivity contribution in [2.75, 3.05) is 20.1 Å². The molecule has 1 aliphatic heterocycles. The van der Waals surface area contributed by atoms with Crippen LogP contribution in [-0.2, 0) is 6.54 Å². The maximum absolute atomic E-state index is 12.6. The molecule has 1 saturated carbocycles. The van der Waals surface area contributed by atoms with Crippen molar-refractivity contribution in [3.8, 4) is 0 Å². The maximum atomic E-state index is 12.6. The Labute approximate surface area is 147 Å². The second-order valence-corrected chi connectivity index (χ2v) is 7.33. The first kappa shape index (κ1) is 16.3. The molecule has 2 fully saturated rings. The molecule has 2 aromatic heterocycles. The Balaban J connectivity index is 1.37. The van der Waals surface area contributed by atoms with E-state index in [1.165, 1.54) is 12.8 Å². The summed E-state index contributed by atoms with van der Waals surface area (Å²) in [5.41, 5.74) is 0.986. The third kappa shape index (κ3) is 3.06. The summed E-state index contributed by atoms with van der Waals surface area (Å²) >= 11 is 0. The van der Waals surface area contributed by atoms with E-state index in [0.717, 1.165) is 38.2 Å². The lowest BCUT2D eigenvalue weighted by Crippen LogP contribution is -2.58. The smallest absolute Gasteiger partial charge is 0.255 e. The molecule has 4 rings (SSSR count). The molecule has 1 spiro atoms. The van der Waals surface area contributed by atoms with Crippen LogP contribution in [0.15, 0.2) is 41.3 Å². The van der Waals surface area contributed by atoms with Crippen molar-refractivity contribution in [2.24, 2.45) is 5.41 Å². The lowest BCUT2D eigenvalue weighted by Gasteiger charge is -2.56. The fourth-order valence-corrected chi connectivity index (χ4v) is 4.47. The first-order valence-corrected chi connectivity index (χ1v) is 8.97. The monoisotopic (exact) mass is 340 g/mol. The minimum absolute atomic E-state index is 0.0737. The molecular weight excluding hydrogens is 316 g/mol. The van der Waals surface area contributed by atoms with Crippen LogP contribution < -0.4 is 0 Å². The second kappa shape index (κ2) is 6.59. The molecule has 3 heterocycles. The summed E-state index contributed by atoms with van der Waals surface area (Å²) in [6.07, 6.45) is 9.51. The molecule has 25 heavy (non-hydrogen) atoms. The average molecular weight is 340 g/mol.